The third-order valence-corrected chi connectivity index (χ3v) is 5.33. The predicted octanol–water partition coefficient (Wildman–Crippen LogP) is 0.570. The molecule has 2 aliphatic heterocycles. The van der Waals surface area contributed by atoms with Gasteiger partial charge in [0, 0.05) is 26.9 Å². The minimum atomic E-state index is -1.19. The Bertz CT molecular complexity index is 927. The topological polar surface area (TPSA) is 129 Å². The number of carbonyl (C=O) groups is 2. The molecule has 2 aromatic rings. The van der Waals surface area contributed by atoms with Crippen LogP contribution in [0, 0.1) is 0 Å². The summed E-state index contributed by atoms with van der Waals surface area (Å²) in [5.41, 5.74) is 1.12. The summed E-state index contributed by atoms with van der Waals surface area (Å²) >= 11 is 0. The van der Waals surface area contributed by atoms with Crippen molar-refractivity contribution in [2.45, 2.75) is 57.6 Å². The number of rotatable bonds is 5. The standard InChI is InChI=1S/C19H25N5O6/c1-11(25)28-8-13-16(29-12(2)26)15(27)19(30-13)24-10-22-14-17(20-9-21-18(14)24)23-6-4-3-5-7-23/h9-10,13,15-16,19,27H,3-8H2,1-2H3/t13-,15-,16-,19-/m1/s1. The molecule has 0 bridgehead atoms. The maximum atomic E-state index is 11.5. The number of hydrogen-bond donors (Lipinski definition) is 1. The number of nitrogens with zero attached hydrogens (tertiary/aromatic N) is 5. The van der Waals surface area contributed by atoms with Crippen LogP contribution in [0.3, 0.4) is 0 Å². The number of aliphatic hydroxyl groups excluding tert-OH is 1. The molecule has 2 fully saturated rings. The van der Waals surface area contributed by atoms with Gasteiger partial charge in [0.05, 0.1) is 6.33 Å². The normalized spacial score (nSPS) is 26.7. The predicted molar refractivity (Wildman–Crippen MR) is 103 cm³/mol. The molecule has 2 aromatic heterocycles. The number of anilines is 1. The first kappa shape index (κ1) is 20.5. The summed E-state index contributed by atoms with van der Waals surface area (Å²) in [7, 11) is 0. The summed E-state index contributed by atoms with van der Waals surface area (Å²) in [6.45, 7) is 4.17. The monoisotopic (exact) mass is 419 g/mol. The maximum Gasteiger partial charge on any atom is 0.303 e. The van der Waals surface area contributed by atoms with Crippen LogP contribution in [0.4, 0.5) is 5.82 Å². The van der Waals surface area contributed by atoms with E-state index in [9.17, 15) is 14.7 Å². The maximum absolute atomic E-state index is 11.5. The van der Waals surface area contributed by atoms with E-state index in [-0.39, 0.29) is 6.61 Å². The van der Waals surface area contributed by atoms with Crippen LogP contribution in [-0.4, -0.2) is 74.6 Å². The number of esters is 2. The quantitative estimate of drug-likeness (QED) is 0.687. The van der Waals surface area contributed by atoms with E-state index >= 15 is 0 Å². The largest absolute Gasteiger partial charge is 0.463 e. The second-order valence-corrected chi connectivity index (χ2v) is 7.50. The second-order valence-electron chi connectivity index (χ2n) is 7.50. The second kappa shape index (κ2) is 8.52. The highest BCUT2D eigenvalue weighted by Crippen LogP contribution is 2.35. The van der Waals surface area contributed by atoms with E-state index in [1.54, 1.807) is 4.57 Å². The van der Waals surface area contributed by atoms with Crippen LogP contribution in [0.25, 0.3) is 11.2 Å². The van der Waals surface area contributed by atoms with Gasteiger partial charge in [0.25, 0.3) is 0 Å². The van der Waals surface area contributed by atoms with Crippen molar-refractivity contribution in [3.8, 4) is 0 Å². The van der Waals surface area contributed by atoms with Gasteiger partial charge in [-0.3, -0.25) is 14.2 Å². The van der Waals surface area contributed by atoms with E-state index in [0.29, 0.717) is 11.2 Å². The highest BCUT2D eigenvalue weighted by Gasteiger charge is 2.48. The third kappa shape index (κ3) is 3.94. The summed E-state index contributed by atoms with van der Waals surface area (Å²) in [4.78, 5) is 38.1. The molecule has 2 aliphatic rings. The molecule has 0 unspecified atom stereocenters. The zero-order valence-electron chi connectivity index (χ0n) is 16.9. The van der Waals surface area contributed by atoms with E-state index in [1.807, 2.05) is 0 Å². The number of ether oxygens (including phenoxy) is 3. The Morgan fingerprint density at radius 2 is 1.93 bits per heavy atom. The molecule has 0 spiro atoms. The molecule has 0 aliphatic carbocycles. The summed E-state index contributed by atoms with van der Waals surface area (Å²) in [5.74, 6) is -0.314. The molecule has 4 atom stereocenters. The van der Waals surface area contributed by atoms with Crippen molar-refractivity contribution in [3.63, 3.8) is 0 Å². The molecular weight excluding hydrogens is 394 g/mol. The smallest absolute Gasteiger partial charge is 0.303 e. The number of hydrogen-bond acceptors (Lipinski definition) is 10. The van der Waals surface area contributed by atoms with Gasteiger partial charge in [-0.25, -0.2) is 15.0 Å². The van der Waals surface area contributed by atoms with Crippen molar-refractivity contribution in [2.24, 2.45) is 0 Å². The average molecular weight is 419 g/mol. The van der Waals surface area contributed by atoms with Crippen molar-refractivity contribution < 1.29 is 28.9 Å². The van der Waals surface area contributed by atoms with Crippen molar-refractivity contribution in [2.75, 3.05) is 24.6 Å². The first-order valence-electron chi connectivity index (χ1n) is 10.0. The Balaban J connectivity index is 1.64. The molecule has 0 radical (unpaired) electrons. The summed E-state index contributed by atoms with van der Waals surface area (Å²) in [6, 6.07) is 0. The molecule has 4 rings (SSSR count). The Morgan fingerprint density at radius 3 is 2.63 bits per heavy atom. The number of imidazole rings is 1. The molecule has 0 saturated carbocycles. The molecule has 11 heteroatoms. The lowest BCUT2D eigenvalue weighted by Crippen LogP contribution is -2.38. The number of aliphatic hydroxyl groups is 1. The fraction of sp³-hybridized carbons (Fsp3) is 0.632. The number of fused-ring (bicyclic) bond motifs is 1. The van der Waals surface area contributed by atoms with Crippen LogP contribution in [0.5, 0.6) is 0 Å². The van der Waals surface area contributed by atoms with Crippen molar-refractivity contribution >= 4 is 28.9 Å². The number of piperidine rings is 1. The molecule has 4 heterocycles. The lowest BCUT2D eigenvalue weighted by Gasteiger charge is -2.27. The Hall–Kier alpha value is -2.79. The summed E-state index contributed by atoms with van der Waals surface area (Å²) in [5, 5.41) is 10.8. The molecule has 30 heavy (non-hydrogen) atoms. The first-order valence-corrected chi connectivity index (χ1v) is 10.0. The van der Waals surface area contributed by atoms with Gasteiger partial charge in [0.2, 0.25) is 0 Å². The minimum Gasteiger partial charge on any atom is -0.463 e. The third-order valence-electron chi connectivity index (χ3n) is 5.33. The molecule has 0 aromatic carbocycles. The number of carbonyl (C=O) groups excluding carboxylic acids is 2. The first-order chi connectivity index (χ1) is 14.5. The van der Waals surface area contributed by atoms with Gasteiger partial charge in [-0.05, 0) is 19.3 Å². The van der Waals surface area contributed by atoms with Crippen LogP contribution in [0.2, 0.25) is 0 Å². The molecule has 0 amide bonds. The highest BCUT2D eigenvalue weighted by molar-refractivity contribution is 5.83. The molecule has 11 nitrogen and oxygen atoms in total. The average Bonchev–Trinajstić information content (AvgIpc) is 3.28. The van der Waals surface area contributed by atoms with Crippen LogP contribution in [0.15, 0.2) is 12.7 Å². The molecule has 1 N–H and O–H groups in total. The van der Waals surface area contributed by atoms with E-state index in [1.165, 1.54) is 32.9 Å². The fourth-order valence-electron chi connectivity index (χ4n) is 3.98. The van der Waals surface area contributed by atoms with Gasteiger partial charge in [-0.15, -0.1) is 0 Å². The van der Waals surface area contributed by atoms with Crippen LogP contribution >= 0.6 is 0 Å². The van der Waals surface area contributed by atoms with Crippen LogP contribution in [-0.2, 0) is 23.8 Å². The zero-order chi connectivity index (χ0) is 21.3. The Kier molecular flexibility index (Phi) is 5.82. The zero-order valence-corrected chi connectivity index (χ0v) is 16.9. The van der Waals surface area contributed by atoms with Gasteiger partial charge in [0.1, 0.15) is 25.1 Å². The molecular formula is C19H25N5O6. The van der Waals surface area contributed by atoms with Gasteiger partial charge in [-0.2, -0.15) is 0 Å². The Morgan fingerprint density at radius 1 is 1.17 bits per heavy atom. The van der Waals surface area contributed by atoms with Gasteiger partial charge in [0.15, 0.2) is 29.3 Å². The lowest BCUT2D eigenvalue weighted by molar-refractivity contribution is -0.157. The van der Waals surface area contributed by atoms with E-state index in [4.69, 9.17) is 14.2 Å². The van der Waals surface area contributed by atoms with E-state index < -0.39 is 36.5 Å². The molecule has 162 valence electrons. The van der Waals surface area contributed by atoms with Gasteiger partial charge < -0.3 is 24.2 Å². The fourth-order valence-corrected chi connectivity index (χ4v) is 3.98. The number of aromatic nitrogens is 4. The van der Waals surface area contributed by atoms with E-state index in [0.717, 1.165) is 31.7 Å². The minimum absolute atomic E-state index is 0.151. The summed E-state index contributed by atoms with van der Waals surface area (Å²) < 4.78 is 17.8. The van der Waals surface area contributed by atoms with Crippen LogP contribution in [0.1, 0.15) is 39.3 Å². The van der Waals surface area contributed by atoms with Crippen molar-refractivity contribution in [1.29, 1.82) is 0 Å². The Labute approximate surface area is 173 Å². The molecule has 2 saturated heterocycles. The lowest BCUT2D eigenvalue weighted by atomic mass is 10.1. The van der Waals surface area contributed by atoms with Crippen molar-refractivity contribution in [3.05, 3.63) is 12.7 Å². The van der Waals surface area contributed by atoms with Gasteiger partial charge >= 0.3 is 11.9 Å². The van der Waals surface area contributed by atoms with E-state index in [2.05, 4.69) is 19.9 Å². The van der Waals surface area contributed by atoms with Crippen molar-refractivity contribution in [1.82, 2.24) is 19.5 Å². The SMILES string of the molecule is CC(=O)OC[C@H]1O[C@@H](n2cnc3c(N4CCCCC4)ncnc32)[C@H](O)[C@@H]1OC(C)=O. The summed E-state index contributed by atoms with van der Waals surface area (Å²) in [6.07, 6.45) is 2.46. The highest BCUT2D eigenvalue weighted by atomic mass is 16.6. The van der Waals surface area contributed by atoms with Gasteiger partial charge in [-0.1, -0.05) is 0 Å². The van der Waals surface area contributed by atoms with Crippen LogP contribution < -0.4 is 4.90 Å².